The van der Waals surface area contributed by atoms with E-state index in [1.54, 1.807) is 0 Å². The number of fused-ring (bicyclic) bond motifs is 9. The number of para-hydroxylation sites is 1. The Bertz CT molecular complexity index is 2640. The molecule has 7 aromatic rings. The van der Waals surface area contributed by atoms with Gasteiger partial charge in [-0.15, -0.1) is 0 Å². The lowest BCUT2D eigenvalue weighted by atomic mass is 9.58. The van der Waals surface area contributed by atoms with Crippen molar-refractivity contribution in [1.29, 1.82) is 10.5 Å². The molecule has 2 aliphatic carbocycles. The lowest BCUT2D eigenvalue weighted by Crippen LogP contribution is -2.52. The molecular formula is C51H33N3. The van der Waals surface area contributed by atoms with Crippen LogP contribution in [0.1, 0.15) is 27.8 Å². The SMILES string of the molecule is N#Cc1ccc2c(c1)C1(c3cc(C#N)ccc3-2)c2ccccc2N(c2cccc(-c3cc(-c4ccccc4)cc(-c4ccccc4)c3)c2)C2C=CC=CC21. The predicted octanol–water partition coefficient (Wildman–Crippen LogP) is 12.0. The van der Waals surface area contributed by atoms with Gasteiger partial charge in [-0.3, -0.25) is 0 Å². The summed E-state index contributed by atoms with van der Waals surface area (Å²) in [6.07, 6.45) is 8.97. The average Bonchev–Trinajstić information content (AvgIpc) is 3.53. The highest BCUT2D eigenvalue weighted by molar-refractivity contribution is 5.90. The largest absolute Gasteiger partial charge is 0.334 e. The van der Waals surface area contributed by atoms with Gasteiger partial charge in [0.25, 0.3) is 0 Å². The van der Waals surface area contributed by atoms with Crippen LogP contribution in [0, 0.1) is 28.6 Å². The van der Waals surface area contributed by atoms with Gasteiger partial charge in [0.05, 0.1) is 34.7 Å². The van der Waals surface area contributed by atoms with Crippen molar-refractivity contribution in [2.24, 2.45) is 5.92 Å². The van der Waals surface area contributed by atoms with Crippen LogP contribution < -0.4 is 4.90 Å². The van der Waals surface area contributed by atoms with E-state index >= 15 is 0 Å². The fourth-order valence-electron chi connectivity index (χ4n) is 9.28. The summed E-state index contributed by atoms with van der Waals surface area (Å²) in [7, 11) is 0. The highest BCUT2D eigenvalue weighted by Gasteiger charge is 2.56. The van der Waals surface area contributed by atoms with E-state index in [1.165, 1.54) is 27.8 Å². The molecule has 0 saturated heterocycles. The minimum absolute atomic E-state index is 0.0324. The van der Waals surface area contributed by atoms with Crippen LogP contribution in [-0.2, 0) is 5.41 Å². The highest BCUT2D eigenvalue weighted by atomic mass is 15.2. The normalized spacial score (nSPS) is 16.8. The first-order valence-electron chi connectivity index (χ1n) is 18.4. The second-order valence-corrected chi connectivity index (χ2v) is 14.3. The number of rotatable bonds is 4. The Morgan fingerprint density at radius 2 is 0.981 bits per heavy atom. The molecule has 1 heterocycles. The second-order valence-electron chi connectivity index (χ2n) is 14.3. The number of hydrogen-bond donors (Lipinski definition) is 0. The van der Waals surface area contributed by atoms with Crippen LogP contribution in [0.25, 0.3) is 44.5 Å². The van der Waals surface area contributed by atoms with Crippen LogP contribution in [-0.4, -0.2) is 6.04 Å². The zero-order valence-electron chi connectivity index (χ0n) is 29.4. The molecule has 3 nitrogen and oxygen atoms in total. The van der Waals surface area contributed by atoms with E-state index in [-0.39, 0.29) is 12.0 Å². The minimum atomic E-state index is -0.615. The average molecular weight is 688 g/mol. The van der Waals surface area contributed by atoms with Gasteiger partial charge in [0.1, 0.15) is 0 Å². The molecule has 2 atom stereocenters. The summed E-state index contributed by atoms with van der Waals surface area (Å²) in [6.45, 7) is 0. The number of allylic oxidation sites excluding steroid dienone is 2. The van der Waals surface area contributed by atoms with Gasteiger partial charge in [-0.25, -0.2) is 0 Å². The van der Waals surface area contributed by atoms with Gasteiger partial charge in [0.2, 0.25) is 0 Å². The van der Waals surface area contributed by atoms with E-state index < -0.39 is 5.41 Å². The number of anilines is 2. The molecule has 1 spiro atoms. The van der Waals surface area contributed by atoms with E-state index in [9.17, 15) is 10.5 Å². The third-order valence-electron chi connectivity index (χ3n) is 11.5. The number of benzene rings is 7. The number of nitriles is 2. The summed E-state index contributed by atoms with van der Waals surface area (Å²) in [6, 6.07) is 62.7. The lowest BCUT2D eigenvalue weighted by Gasteiger charge is -2.53. The summed E-state index contributed by atoms with van der Waals surface area (Å²) in [4.78, 5) is 2.49. The van der Waals surface area contributed by atoms with E-state index in [2.05, 4.69) is 193 Å². The number of nitrogens with zero attached hydrogens (tertiary/aromatic N) is 3. The fraction of sp³-hybridized carbons (Fsp3) is 0.0588. The summed E-state index contributed by atoms with van der Waals surface area (Å²) < 4.78 is 0. The van der Waals surface area contributed by atoms with Crippen LogP contribution in [0.15, 0.2) is 188 Å². The molecule has 1 aliphatic heterocycles. The summed E-state index contributed by atoms with van der Waals surface area (Å²) in [5.41, 5.74) is 15.5. The molecule has 0 N–H and O–H groups in total. The topological polar surface area (TPSA) is 50.8 Å². The van der Waals surface area contributed by atoms with Crippen LogP contribution >= 0.6 is 0 Å². The van der Waals surface area contributed by atoms with Crippen LogP contribution in [0.3, 0.4) is 0 Å². The van der Waals surface area contributed by atoms with E-state index in [0.29, 0.717) is 11.1 Å². The second kappa shape index (κ2) is 12.5. The molecular weight excluding hydrogens is 655 g/mol. The molecule has 3 heteroatoms. The minimum Gasteiger partial charge on any atom is -0.334 e. The van der Waals surface area contributed by atoms with Crippen molar-refractivity contribution >= 4 is 11.4 Å². The summed E-state index contributed by atoms with van der Waals surface area (Å²) in [5, 5.41) is 20.3. The van der Waals surface area contributed by atoms with Gasteiger partial charge < -0.3 is 4.90 Å². The molecule has 7 aromatic carbocycles. The lowest BCUT2D eigenvalue weighted by molar-refractivity contribution is 0.392. The van der Waals surface area contributed by atoms with Crippen molar-refractivity contribution in [3.63, 3.8) is 0 Å². The van der Waals surface area contributed by atoms with Crippen molar-refractivity contribution in [2.45, 2.75) is 11.5 Å². The molecule has 10 rings (SSSR count). The Balaban J connectivity index is 1.19. The van der Waals surface area contributed by atoms with Crippen molar-refractivity contribution in [3.05, 3.63) is 216 Å². The molecule has 0 bridgehead atoms. The third kappa shape index (κ3) is 4.73. The highest BCUT2D eigenvalue weighted by Crippen LogP contribution is 2.63. The summed E-state index contributed by atoms with van der Waals surface area (Å²) in [5.74, 6) is -0.0324. The molecule has 54 heavy (non-hydrogen) atoms. The fourth-order valence-corrected chi connectivity index (χ4v) is 9.28. The Morgan fingerprint density at radius 3 is 1.59 bits per heavy atom. The molecule has 0 amide bonds. The van der Waals surface area contributed by atoms with Crippen LogP contribution in [0.5, 0.6) is 0 Å². The van der Waals surface area contributed by atoms with Gasteiger partial charge in [0.15, 0.2) is 0 Å². The zero-order chi connectivity index (χ0) is 36.2. The van der Waals surface area contributed by atoms with Gasteiger partial charge in [0, 0.05) is 17.3 Å². The molecule has 2 unspecified atom stereocenters. The number of hydrogen-bond acceptors (Lipinski definition) is 3. The first-order chi connectivity index (χ1) is 26.7. The summed E-state index contributed by atoms with van der Waals surface area (Å²) >= 11 is 0. The molecule has 0 radical (unpaired) electrons. The Morgan fingerprint density at radius 1 is 0.444 bits per heavy atom. The molecule has 3 aliphatic rings. The maximum Gasteiger partial charge on any atom is 0.0991 e. The van der Waals surface area contributed by atoms with Crippen molar-refractivity contribution in [1.82, 2.24) is 0 Å². The molecule has 0 fully saturated rings. The zero-order valence-corrected chi connectivity index (χ0v) is 29.4. The Kier molecular flexibility index (Phi) is 7.29. The van der Waals surface area contributed by atoms with Gasteiger partial charge in [-0.2, -0.15) is 10.5 Å². The van der Waals surface area contributed by atoms with E-state index in [4.69, 9.17) is 0 Å². The van der Waals surface area contributed by atoms with E-state index in [0.717, 1.165) is 44.8 Å². The quantitative estimate of drug-likeness (QED) is 0.185. The van der Waals surface area contributed by atoms with Crippen LogP contribution in [0.4, 0.5) is 11.4 Å². The first kappa shape index (κ1) is 31.5. The van der Waals surface area contributed by atoms with Crippen LogP contribution in [0.2, 0.25) is 0 Å². The Hall–Kier alpha value is -7.20. The first-order valence-corrected chi connectivity index (χ1v) is 18.4. The Labute approximate surface area is 315 Å². The third-order valence-corrected chi connectivity index (χ3v) is 11.5. The van der Waals surface area contributed by atoms with Crippen molar-refractivity contribution in [3.8, 4) is 56.6 Å². The van der Waals surface area contributed by atoms with Gasteiger partial charge >= 0.3 is 0 Å². The monoisotopic (exact) mass is 687 g/mol. The van der Waals surface area contributed by atoms with Crippen molar-refractivity contribution < 1.29 is 0 Å². The van der Waals surface area contributed by atoms with Gasteiger partial charge in [-0.1, -0.05) is 127 Å². The maximum absolute atomic E-state index is 10.1. The van der Waals surface area contributed by atoms with E-state index in [1.807, 2.05) is 12.1 Å². The predicted molar refractivity (Wildman–Crippen MR) is 218 cm³/mol. The van der Waals surface area contributed by atoms with Gasteiger partial charge in [-0.05, 0) is 122 Å². The standard InChI is InChI=1S/C51H33N3/c52-32-34-22-24-43-44-25-23-35(33-53)27-48(44)51(47(43)26-34)45-18-7-9-20-49(45)54(50-21-10-8-19-46(50)51)42-17-11-16-38(31-42)41-29-39(36-12-3-1-4-13-36)28-40(30-41)37-14-5-2-6-15-37/h1-31,45,49H. The van der Waals surface area contributed by atoms with Crippen molar-refractivity contribution in [2.75, 3.05) is 4.90 Å². The molecule has 0 saturated carbocycles. The smallest absolute Gasteiger partial charge is 0.0991 e. The maximum atomic E-state index is 10.1. The molecule has 0 aromatic heterocycles. The molecule has 252 valence electrons.